The molecule has 23 heavy (non-hydrogen) atoms. The van der Waals surface area contributed by atoms with Gasteiger partial charge in [0.1, 0.15) is 0 Å². The Kier molecular flexibility index (Phi) is 5.25. The van der Waals surface area contributed by atoms with Gasteiger partial charge in [0.05, 0.1) is 0 Å². The molecule has 2 heteroatoms. The van der Waals surface area contributed by atoms with Crippen LogP contribution in [0.15, 0.2) is 42.5 Å². The molecule has 0 aromatic heterocycles. The van der Waals surface area contributed by atoms with E-state index in [9.17, 15) is 0 Å². The molecular formula is C21H24OSe. The molecule has 1 aliphatic heterocycles. The zero-order chi connectivity index (χ0) is 16.2. The fourth-order valence-electron chi connectivity index (χ4n) is 2.78. The monoisotopic (exact) mass is 372 g/mol. The van der Waals surface area contributed by atoms with E-state index in [0.29, 0.717) is 21.6 Å². The fraction of sp³-hybridized carbons (Fsp3) is 0.333. The standard InChI is InChI=1S/C21H24OSe/c1-4-5-12-23-21-18-13-16(3)8-11-20(18)22-14-19(21)17-9-6-15(2)7-10-17/h6-11,13H,4-5,12,14H2,1-3H3. The average molecular weight is 371 g/mol. The summed E-state index contributed by atoms with van der Waals surface area (Å²) in [4.78, 5) is 0. The average Bonchev–Trinajstić information content (AvgIpc) is 2.56. The Balaban J connectivity index is 2.06. The van der Waals surface area contributed by atoms with Gasteiger partial charge in [0.15, 0.2) is 0 Å². The van der Waals surface area contributed by atoms with Gasteiger partial charge in [0.2, 0.25) is 0 Å². The molecule has 0 radical (unpaired) electrons. The Labute approximate surface area is 145 Å². The van der Waals surface area contributed by atoms with Crippen LogP contribution in [0.3, 0.4) is 0 Å². The molecule has 0 saturated heterocycles. The molecule has 1 aliphatic rings. The van der Waals surface area contributed by atoms with Gasteiger partial charge in [-0.1, -0.05) is 0 Å². The second-order valence-electron chi connectivity index (χ2n) is 6.16. The van der Waals surface area contributed by atoms with Crippen LogP contribution in [0.5, 0.6) is 5.75 Å². The van der Waals surface area contributed by atoms with Crippen LogP contribution in [0.25, 0.3) is 10.0 Å². The molecule has 0 amide bonds. The third kappa shape index (κ3) is 3.71. The molecule has 0 aliphatic carbocycles. The second kappa shape index (κ2) is 7.38. The van der Waals surface area contributed by atoms with Crippen LogP contribution in [-0.4, -0.2) is 21.6 Å². The summed E-state index contributed by atoms with van der Waals surface area (Å²) in [6.45, 7) is 7.27. The molecule has 120 valence electrons. The van der Waals surface area contributed by atoms with Crippen molar-refractivity contribution >= 4 is 25.0 Å². The number of fused-ring (bicyclic) bond motifs is 1. The number of unbranched alkanes of at least 4 members (excludes halogenated alkanes) is 1. The van der Waals surface area contributed by atoms with Gasteiger partial charge in [-0.2, -0.15) is 0 Å². The van der Waals surface area contributed by atoms with Gasteiger partial charge in [-0.05, 0) is 0 Å². The second-order valence-corrected chi connectivity index (χ2v) is 8.48. The van der Waals surface area contributed by atoms with Crippen LogP contribution < -0.4 is 4.74 Å². The van der Waals surface area contributed by atoms with E-state index in [1.54, 1.807) is 4.47 Å². The van der Waals surface area contributed by atoms with Crippen molar-refractivity contribution in [1.29, 1.82) is 0 Å². The van der Waals surface area contributed by atoms with Gasteiger partial charge in [-0.3, -0.25) is 0 Å². The summed E-state index contributed by atoms with van der Waals surface area (Å²) in [7, 11) is 0. The van der Waals surface area contributed by atoms with Crippen LogP contribution in [0, 0.1) is 13.8 Å². The Morgan fingerprint density at radius 2 is 1.74 bits per heavy atom. The SMILES string of the molecule is CCCC[Se]C1=C(c2ccc(C)cc2)COc2ccc(C)cc21. The summed E-state index contributed by atoms with van der Waals surface area (Å²) in [6.07, 6.45) is 2.58. The van der Waals surface area contributed by atoms with Crippen LogP contribution in [0.2, 0.25) is 5.32 Å². The summed E-state index contributed by atoms with van der Waals surface area (Å²) in [5.74, 6) is 1.06. The first-order valence-corrected chi connectivity index (χ1v) is 10.4. The summed E-state index contributed by atoms with van der Waals surface area (Å²) in [5.41, 5.74) is 6.64. The van der Waals surface area contributed by atoms with Crippen molar-refractivity contribution in [3.63, 3.8) is 0 Å². The van der Waals surface area contributed by atoms with Crippen LogP contribution in [-0.2, 0) is 0 Å². The van der Waals surface area contributed by atoms with Crippen LogP contribution >= 0.6 is 0 Å². The molecular weight excluding hydrogens is 347 g/mol. The molecule has 3 rings (SSSR count). The van der Waals surface area contributed by atoms with E-state index in [2.05, 4.69) is 63.2 Å². The van der Waals surface area contributed by atoms with E-state index >= 15 is 0 Å². The molecule has 2 aromatic carbocycles. The van der Waals surface area contributed by atoms with E-state index in [4.69, 9.17) is 4.74 Å². The third-order valence-electron chi connectivity index (χ3n) is 4.17. The van der Waals surface area contributed by atoms with Gasteiger partial charge in [0.25, 0.3) is 0 Å². The fourth-order valence-corrected chi connectivity index (χ4v) is 5.51. The molecule has 1 heterocycles. The van der Waals surface area contributed by atoms with Crippen molar-refractivity contribution in [2.75, 3.05) is 6.61 Å². The molecule has 0 N–H and O–H groups in total. The van der Waals surface area contributed by atoms with E-state index in [0.717, 1.165) is 5.75 Å². The minimum absolute atomic E-state index is 0.503. The zero-order valence-electron chi connectivity index (χ0n) is 14.2. The van der Waals surface area contributed by atoms with E-state index < -0.39 is 0 Å². The quantitative estimate of drug-likeness (QED) is 0.499. The van der Waals surface area contributed by atoms with Crippen LogP contribution in [0.4, 0.5) is 0 Å². The number of ether oxygens (including phenoxy) is 1. The third-order valence-corrected chi connectivity index (χ3v) is 6.79. The molecule has 0 fully saturated rings. The minimum atomic E-state index is 0.503. The maximum atomic E-state index is 6.06. The Morgan fingerprint density at radius 1 is 1.00 bits per heavy atom. The van der Waals surface area contributed by atoms with Gasteiger partial charge in [-0.15, -0.1) is 0 Å². The van der Waals surface area contributed by atoms with Crippen molar-refractivity contribution in [3.05, 3.63) is 64.7 Å². The topological polar surface area (TPSA) is 9.23 Å². The van der Waals surface area contributed by atoms with Gasteiger partial charge in [-0.25, -0.2) is 0 Å². The maximum absolute atomic E-state index is 6.06. The predicted molar refractivity (Wildman–Crippen MR) is 100 cm³/mol. The molecule has 2 aromatic rings. The Bertz CT molecular complexity index is 713. The number of hydrogen-bond donors (Lipinski definition) is 0. The van der Waals surface area contributed by atoms with E-state index in [1.807, 2.05) is 0 Å². The zero-order valence-corrected chi connectivity index (χ0v) is 15.9. The van der Waals surface area contributed by atoms with Crippen molar-refractivity contribution in [2.24, 2.45) is 0 Å². The van der Waals surface area contributed by atoms with Gasteiger partial charge in [0, 0.05) is 0 Å². The van der Waals surface area contributed by atoms with Crippen molar-refractivity contribution in [2.45, 2.75) is 38.9 Å². The first kappa shape index (κ1) is 16.4. The normalized spacial score (nSPS) is 13.7. The molecule has 0 unspecified atom stereocenters. The van der Waals surface area contributed by atoms with E-state index in [-0.39, 0.29) is 0 Å². The van der Waals surface area contributed by atoms with Gasteiger partial charge >= 0.3 is 146 Å². The predicted octanol–water partition coefficient (Wildman–Crippen LogP) is 5.49. The molecule has 0 spiro atoms. The Morgan fingerprint density at radius 3 is 2.48 bits per heavy atom. The summed E-state index contributed by atoms with van der Waals surface area (Å²) in [5, 5.41) is 1.31. The summed E-state index contributed by atoms with van der Waals surface area (Å²) < 4.78 is 7.61. The summed E-state index contributed by atoms with van der Waals surface area (Å²) in [6, 6.07) is 15.5. The molecule has 0 atom stereocenters. The van der Waals surface area contributed by atoms with Gasteiger partial charge < -0.3 is 0 Å². The molecule has 0 bridgehead atoms. The number of benzene rings is 2. The number of hydrogen-bond acceptors (Lipinski definition) is 1. The number of aryl methyl sites for hydroxylation is 2. The number of rotatable bonds is 5. The van der Waals surface area contributed by atoms with Crippen molar-refractivity contribution in [3.8, 4) is 5.75 Å². The first-order valence-electron chi connectivity index (χ1n) is 8.36. The van der Waals surface area contributed by atoms with Crippen molar-refractivity contribution < 1.29 is 4.74 Å². The van der Waals surface area contributed by atoms with Crippen molar-refractivity contribution in [1.82, 2.24) is 0 Å². The molecule has 0 saturated carbocycles. The molecule has 1 nitrogen and oxygen atoms in total. The van der Waals surface area contributed by atoms with Crippen LogP contribution in [0.1, 0.15) is 42.0 Å². The van der Waals surface area contributed by atoms with E-state index in [1.165, 1.54) is 46.0 Å². The summed E-state index contributed by atoms with van der Waals surface area (Å²) >= 11 is 0.503. The Hall–Kier alpha value is -1.50. The first-order chi connectivity index (χ1) is 11.2.